The van der Waals surface area contributed by atoms with E-state index in [0.717, 1.165) is 25.0 Å². The second-order valence-corrected chi connectivity index (χ2v) is 6.88. The Kier molecular flexibility index (Phi) is 4.03. The number of nitrogens with zero attached hydrogens (tertiary/aromatic N) is 3. The predicted molar refractivity (Wildman–Crippen MR) is 93.7 cm³/mol. The lowest BCUT2D eigenvalue weighted by atomic mass is 10.00. The number of aryl methyl sites for hydroxylation is 1. The summed E-state index contributed by atoms with van der Waals surface area (Å²) >= 11 is 1.38. The quantitative estimate of drug-likeness (QED) is 0.789. The van der Waals surface area contributed by atoms with Crippen LogP contribution in [0.15, 0.2) is 41.2 Å². The molecule has 2 aromatic heterocycles. The lowest BCUT2D eigenvalue weighted by Gasteiger charge is -2.24. The number of benzene rings is 1. The molecule has 1 N–H and O–H groups in total. The molecule has 6 nitrogen and oxygen atoms in total. The monoisotopic (exact) mass is 342 g/mol. The van der Waals surface area contributed by atoms with Gasteiger partial charge in [0.15, 0.2) is 0 Å². The molecule has 1 aliphatic heterocycles. The highest BCUT2D eigenvalue weighted by molar-refractivity contribution is 7.20. The van der Waals surface area contributed by atoms with E-state index in [1.54, 1.807) is 0 Å². The molecule has 1 aliphatic rings. The summed E-state index contributed by atoms with van der Waals surface area (Å²) in [6.45, 7) is 2.60. The van der Waals surface area contributed by atoms with E-state index >= 15 is 0 Å². The molecule has 7 heteroatoms. The highest BCUT2D eigenvalue weighted by Crippen LogP contribution is 2.31. The molecule has 0 radical (unpaired) electrons. The molecular formula is C17H18N4O2S. The Morgan fingerprint density at radius 3 is 2.96 bits per heavy atom. The van der Waals surface area contributed by atoms with Crippen molar-refractivity contribution in [3.8, 4) is 0 Å². The third-order valence-corrected chi connectivity index (χ3v) is 4.99. The predicted octanol–water partition coefficient (Wildman–Crippen LogP) is 2.79. The summed E-state index contributed by atoms with van der Waals surface area (Å²) in [5, 5.41) is 8.52. The molecule has 3 aromatic rings. The molecule has 1 fully saturated rings. The first-order valence-electron chi connectivity index (χ1n) is 8.01. The van der Waals surface area contributed by atoms with Crippen LogP contribution in [0.2, 0.25) is 0 Å². The summed E-state index contributed by atoms with van der Waals surface area (Å²) in [4.78, 5) is 17.0. The van der Waals surface area contributed by atoms with Crippen molar-refractivity contribution in [3.05, 3.63) is 58.0 Å². The Bertz CT molecular complexity index is 900. The van der Waals surface area contributed by atoms with E-state index in [9.17, 15) is 4.79 Å². The van der Waals surface area contributed by atoms with Crippen molar-refractivity contribution in [1.29, 1.82) is 0 Å². The molecule has 24 heavy (non-hydrogen) atoms. The summed E-state index contributed by atoms with van der Waals surface area (Å²) in [7, 11) is 0. The van der Waals surface area contributed by atoms with Gasteiger partial charge in [-0.3, -0.25) is 4.79 Å². The molecule has 0 unspecified atom stereocenters. The number of ether oxygens (including phenoxy) is 1. The largest absolute Gasteiger partial charge is 0.376 e. The third kappa shape index (κ3) is 2.92. The van der Waals surface area contributed by atoms with Crippen LogP contribution < -0.4 is 10.9 Å². The molecule has 0 aliphatic carbocycles. The van der Waals surface area contributed by atoms with E-state index in [0.29, 0.717) is 15.8 Å². The van der Waals surface area contributed by atoms with Crippen LogP contribution in [-0.2, 0) is 4.74 Å². The topological polar surface area (TPSA) is 68.5 Å². The Hall–Kier alpha value is -2.25. The van der Waals surface area contributed by atoms with Crippen molar-refractivity contribution in [2.75, 3.05) is 11.9 Å². The zero-order chi connectivity index (χ0) is 16.5. The zero-order valence-corrected chi connectivity index (χ0v) is 14.1. The first-order chi connectivity index (χ1) is 11.7. The van der Waals surface area contributed by atoms with Crippen LogP contribution in [0.4, 0.5) is 5.13 Å². The minimum Gasteiger partial charge on any atom is -0.376 e. The Balaban J connectivity index is 1.69. The molecule has 3 heterocycles. The maximum Gasteiger partial charge on any atom is 0.275 e. The summed E-state index contributed by atoms with van der Waals surface area (Å²) in [6.07, 6.45) is 2.18. The van der Waals surface area contributed by atoms with Crippen molar-refractivity contribution >= 4 is 21.4 Å². The number of anilines is 1. The minimum absolute atomic E-state index is 0.00561. The van der Waals surface area contributed by atoms with Gasteiger partial charge in [-0.2, -0.15) is 4.52 Å². The number of fused-ring (bicyclic) bond motifs is 1. The summed E-state index contributed by atoms with van der Waals surface area (Å²) < 4.78 is 7.23. The fourth-order valence-electron chi connectivity index (χ4n) is 3.03. The Labute approximate surface area is 143 Å². The first kappa shape index (κ1) is 15.3. The Morgan fingerprint density at radius 1 is 1.38 bits per heavy atom. The van der Waals surface area contributed by atoms with Crippen molar-refractivity contribution in [3.63, 3.8) is 0 Å². The van der Waals surface area contributed by atoms with E-state index < -0.39 is 0 Å². The average molecular weight is 342 g/mol. The number of rotatable bonds is 4. The van der Waals surface area contributed by atoms with Crippen LogP contribution >= 0.6 is 11.3 Å². The molecule has 124 valence electrons. The van der Waals surface area contributed by atoms with Gasteiger partial charge in [-0.25, -0.2) is 4.98 Å². The molecule has 1 aromatic carbocycles. The Morgan fingerprint density at radius 2 is 2.21 bits per heavy atom. The molecule has 1 saturated heterocycles. The summed E-state index contributed by atoms with van der Waals surface area (Å²) in [5.74, 6) is 0. The van der Waals surface area contributed by atoms with Gasteiger partial charge in [0.2, 0.25) is 10.1 Å². The number of aromatic nitrogens is 3. The van der Waals surface area contributed by atoms with Gasteiger partial charge in [0.05, 0.1) is 12.1 Å². The van der Waals surface area contributed by atoms with Crippen LogP contribution in [-0.4, -0.2) is 27.3 Å². The molecule has 0 spiro atoms. The number of hydrogen-bond acceptors (Lipinski definition) is 6. The van der Waals surface area contributed by atoms with Gasteiger partial charge < -0.3 is 10.1 Å². The van der Waals surface area contributed by atoms with Gasteiger partial charge in [-0.05, 0) is 25.3 Å². The molecule has 2 atom stereocenters. The maximum absolute atomic E-state index is 12.0. The van der Waals surface area contributed by atoms with Crippen LogP contribution in [0, 0.1) is 6.92 Å². The van der Waals surface area contributed by atoms with Gasteiger partial charge in [0, 0.05) is 18.4 Å². The van der Waals surface area contributed by atoms with Gasteiger partial charge in [-0.1, -0.05) is 41.7 Å². The maximum atomic E-state index is 12.0. The van der Waals surface area contributed by atoms with Crippen molar-refractivity contribution in [2.24, 2.45) is 0 Å². The smallest absolute Gasteiger partial charge is 0.275 e. The van der Waals surface area contributed by atoms with Gasteiger partial charge in [-0.15, -0.1) is 5.10 Å². The van der Waals surface area contributed by atoms with E-state index in [1.807, 2.05) is 25.1 Å². The zero-order valence-electron chi connectivity index (χ0n) is 13.3. The fraction of sp³-hybridized carbons (Fsp3) is 0.353. The van der Waals surface area contributed by atoms with Crippen molar-refractivity contribution < 1.29 is 4.74 Å². The average Bonchev–Trinajstić information content (AvgIpc) is 3.22. The van der Waals surface area contributed by atoms with Crippen LogP contribution in [0.25, 0.3) is 4.96 Å². The lowest BCUT2D eigenvalue weighted by molar-refractivity contribution is 0.0954. The minimum atomic E-state index is -0.157. The fourth-order valence-corrected chi connectivity index (χ4v) is 3.92. The first-order valence-corrected chi connectivity index (χ1v) is 8.83. The SMILES string of the molecule is Cc1cc(=O)n2nc(N[C@H](c3ccccc3)[C@@H]3CCCO3)sc2n1. The molecule has 0 amide bonds. The van der Waals surface area contributed by atoms with E-state index in [4.69, 9.17) is 4.74 Å². The summed E-state index contributed by atoms with van der Waals surface area (Å²) in [6, 6.07) is 11.7. The van der Waals surface area contributed by atoms with E-state index in [-0.39, 0.29) is 17.7 Å². The van der Waals surface area contributed by atoms with Crippen LogP contribution in [0.3, 0.4) is 0 Å². The standard InChI is InChI=1S/C17H18N4O2S/c1-11-10-14(22)21-17(18-11)24-16(20-21)19-15(13-8-5-9-23-13)12-6-3-2-4-7-12/h2-4,6-7,10,13,15H,5,8-9H2,1H3,(H,19,20)/t13-,15+/m0/s1. The van der Waals surface area contributed by atoms with Crippen molar-refractivity contribution in [2.45, 2.75) is 31.9 Å². The third-order valence-electron chi connectivity index (χ3n) is 4.15. The highest BCUT2D eigenvalue weighted by atomic mass is 32.1. The number of hydrogen-bond donors (Lipinski definition) is 1. The number of nitrogens with one attached hydrogen (secondary N) is 1. The van der Waals surface area contributed by atoms with Gasteiger partial charge in [0.1, 0.15) is 0 Å². The molecule has 0 bridgehead atoms. The lowest BCUT2D eigenvalue weighted by Crippen LogP contribution is -2.25. The summed E-state index contributed by atoms with van der Waals surface area (Å²) in [5.41, 5.74) is 1.70. The van der Waals surface area contributed by atoms with Crippen LogP contribution in [0.1, 0.15) is 30.1 Å². The molecule has 0 saturated carbocycles. The molecule has 4 rings (SSSR count). The van der Waals surface area contributed by atoms with Crippen molar-refractivity contribution in [1.82, 2.24) is 14.6 Å². The molecular weight excluding hydrogens is 324 g/mol. The van der Waals surface area contributed by atoms with E-state index in [2.05, 4.69) is 27.5 Å². The highest BCUT2D eigenvalue weighted by Gasteiger charge is 2.28. The van der Waals surface area contributed by atoms with Gasteiger partial charge in [0.25, 0.3) is 5.56 Å². The second-order valence-electron chi connectivity index (χ2n) is 5.92. The second kappa shape index (κ2) is 6.33. The van der Waals surface area contributed by atoms with Gasteiger partial charge >= 0.3 is 0 Å². The van der Waals surface area contributed by atoms with Crippen LogP contribution in [0.5, 0.6) is 0 Å². The van der Waals surface area contributed by atoms with E-state index in [1.165, 1.54) is 21.9 Å². The normalized spacial score (nSPS) is 18.8.